The Labute approximate surface area is 201 Å². The van der Waals surface area contributed by atoms with Crippen LogP contribution in [-0.2, 0) is 17.8 Å². The second kappa shape index (κ2) is 11.1. The third-order valence-corrected chi connectivity index (χ3v) is 6.14. The number of rotatable bonds is 7. The minimum Gasteiger partial charge on any atom is -0.341 e. The van der Waals surface area contributed by atoms with Crippen molar-refractivity contribution in [1.29, 1.82) is 0 Å². The first-order valence-electron chi connectivity index (χ1n) is 12.0. The van der Waals surface area contributed by atoms with Crippen LogP contribution in [0, 0.1) is 11.8 Å². The molecular weight excluding hydrogens is 426 g/mol. The molecule has 0 N–H and O–H groups in total. The maximum atomic E-state index is 13.5. The Morgan fingerprint density at radius 3 is 2.59 bits per heavy atom. The second-order valence-corrected chi connectivity index (χ2v) is 9.52. The van der Waals surface area contributed by atoms with Crippen LogP contribution in [-0.4, -0.2) is 62.3 Å². The fourth-order valence-corrected chi connectivity index (χ4v) is 4.51. The molecule has 1 atom stereocenters. The molecule has 4 rings (SSSR count). The molecule has 2 amide bonds. The summed E-state index contributed by atoms with van der Waals surface area (Å²) in [5.74, 6) is 0.613. The lowest BCUT2D eigenvalue weighted by Gasteiger charge is -2.25. The molecule has 1 aromatic carbocycles. The van der Waals surface area contributed by atoms with Gasteiger partial charge in [0.15, 0.2) is 0 Å². The largest absolute Gasteiger partial charge is 0.341 e. The molecule has 3 aromatic rings. The van der Waals surface area contributed by atoms with Gasteiger partial charge >= 0.3 is 0 Å². The van der Waals surface area contributed by atoms with Crippen molar-refractivity contribution in [3.8, 4) is 0 Å². The molecule has 0 saturated carbocycles. The molecule has 0 radical (unpaired) electrons. The van der Waals surface area contributed by atoms with Crippen molar-refractivity contribution < 1.29 is 9.59 Å². The van der Waals surface area contributed by atoms with Crippen molar-refractivity contribution in [1.82, 2.24) is 24.3 Å². The van der Waals surface area contributed by atoms with Crippen LogP contribution in [0.25, 0.3) is 0 Å². The lowest BCUT2D eigenvalue weighted by Crippen LogP contribution is -2.37. The van der Waals surface area contributed by atoms with Gasteiger partial charge in [0, 0.05) is 69.0 Å². The fraction of sp³-hybridized carbons (Fsp3) is 0.407. The summed E-state index contributed by atoms with van der Waals surface area (Å²) in [5.41, 5.74) is 2.72. The van der Waals surface area contributed by atoms with E-state index < -0.39 is 0 Å². The number of carbonyl (C=O) groups is 2. The number of aromatic nitrogens is 3. The Morgan fingerprint density at radius 1 is 1.03 bits per heavy atom. The first-order valence-corrected chi connectivity index (χ1v) is 12.0. The summed E-state index contributed by atoms with van der Waals surface area (Å²) >= 11 is 0. The third-order valence-electron chi connectivity index (χ3n) is 6.14. The molecule has 0 bridgehead atoms. The molecule has 178 valence electrons. The van der Waals surface area contributed by atoms with Crippen molar-refractivity contribution >= 4 is 11.8 Å². The maximum Gasteiger partial charge on any atom is 0.253 e. The average Bonchev–Trinajstić information content (AvgIpc) is 3.24. The first kappa shape index (κ1) is 23.7. The quantitative estimate of drug-likeness (QED) is 0.542. The Bertz CT molecular complexity index is 1080. The number of imidazole rings is 1. The number of hydrogen-bond acceptors (Lipinski definition) is 4. The van der Waals surface area contributed by atoms with Gasteiger partial charge in [-0.3, -0.25) is 14.6 Å². The van der Waals surface area contributed by atoms with E-state index >= 15 is 0 Å². The second-order valence-electron chi connectivity index (χ2n) is 9.52. The van der Waals surface area contributed by atoms with Crippen LogP contribution in [0.5, 0.6) is 0 Å². The highest BCUT2D eigenvalue weighted by atomic mass is 16.2. The molecule has 2 aromatic heterocycles. The van der Waals surface area contributed by atoms with Gasteiger partial charge in [0.25, 0.3) is 5.91 Å². The molecule has 0 spiro atoms. The van der Waals surface area contributed by atoms with Crippen LogP contribution in [0.15, 0.2) is 67.4 Å². The van der Waals surface area contributed by atoms with Gasteiger partial charge < -0.3 is 14.4 Å². The highest BCUT2D eigenvalue weighted by Gasteiger charge is 2.29. The van der Waals surface area contributed by atoms with Gasteiger partial charge in [-0.2, -0.15) is 0 Å². The molecule has 1 aliphatic rings. The fourth-order valence-electron chi connectivity index (χ4n) is 4.51. The number of hydrogen-bond donors (Lipinski definition) is 0. The molecule has 1 saturated heterocycles. The number of carbonyl (C=O) groups excluding carboxylic acids is 2. The van der Waals surface area contributed by atoms with Crippen LogP contribution in [0.4, 0.5) is 0 Å². The summed E-state index contributed by atoms with van der Waals surface area (Å²) in [6.07, 6.45) is 8.49. The van der Waals surface area contributed by atoms with Gasteiger partial charge in [0.1, 0.15) is 0 Å². The van der Waals surface area contributed by atoms with Crippen LogP contribution in [0.3, 0.4) is 0 Å². The molecule has 1 aliphatic heterocycles. The highest BCUT2D eigenvalue weighted by molar-refractivity contribution is 5.94. The predicted molar refractivity (Wildman–Crippen MR) is 131 cm³/mol. The van der Waals surface area contributed by atoms with Crippen LogP contribution in [0.2, 0.25) is 0 Å². The first-order chi connectivity index (χ1) is 16.5. The SMILES string of the molecule is CC(C)CC(=O)N1CCN(C(=O)c2cccc(Cn3ccnc3)c2)CC(Cc2ccccn2)C1. The van der Waals surface area contributed by atoms with E-state index in [-0.39, 0.29) is 17.7 Å². The zero-order valence-corrected chi connectivity index (χ0v) is 20.0. The topological polar surface area (TPSA) is 71.3 Å². The van der Waals surface area contributed by atoms with E-state index in [2.05, 4.69) is 23.8 Å². The summed E-state index contributed by atoms with van der Waals surface area (Å²) < 4.78 is 1.98. The average molecular weight is 460 g/mol. The summed E-state index contributed by atoms with van der Waals surface area (Å²) in [7, 11) is 0. The minimum atomic E-state index is 0.0108. The maximum absolute atomic E-state index is 13.5. The Morgan fingerprint density at radius 2 is 1.85 bits per heavy atom. The van der Waals surface area contributed by atoms with Crippen molar-refractivity contribution in [2.45, 2.75) is 33.2 Å². The normalized spacial score (nSPS) is 16.5. The van der Waals surface area contributed by atoms with Crippen molar-refractivity contribution in [3.63, 3.8) is 0 Å². The van der Waals surface area contributed by atoms with Crippen molar-refractivity contribution in [2.24, 2.45) is 11.8 Å². The third kappa shape index (κ3) is 6.31. The zero-order valence-electron chi connectivity index (χ0n) is 20.0. The van der Waals surface area contributed by atoms with Crippen LogP contribution in [0.1, 0.15) is 41.9 Å². The van der Waals surface area contributed by atoms with E-state index in [4.69, 9.17) is 0 Å². The molecule has 34 heavy (non-hydrogen) atoms. The van der Waals surface area contributed by atoms with Crippen molar-refractivity contribution in [2.75, 3.05) is 26.2 Å². The van der Waals surface area contributed by atoms with E-state index in [0.717, 1.165) is 17.7 Å². The molecule has 1 fully saturated rings. The number of benzene rings is 1. The molecule has 0 aliphatic carbocycles. The Kier molecular flexibility index (Phi) is 7.72. The molecular formula is C27H33N5O2. The molecule has 7 heteroatoms. The zero-order chi connectivity index (χ0) is 23.9. The molecule has 7 nitrogen and oxygen atoms in total. The van der Waals surface area contributed by atoms with E-state index in [1.807, 2.05) is 63.0 Å². The molecule has 1 unspecified atom stereocenters. The smallest absolute Gasteiger partial charge is 0.253 e. The lowest BCUT2D eigenvalue weighted by atomic mass is 10.0. The summed E-state index contributed by atoms with van der Waals surface area (Å²) in [6, 6.07) is 13.7. The van der Waals surface area contributed by atoms with Gasteiger partial charge in [0.05, 0.1) is 6.33 Å². The van der Waals surface area contributed by atoms with Gasteiger partial charge in [-0.05, 0) is 48.1 Å². The van der Waals surface area contributed by atoms with Gasteiger partial charge in [-0.1, -0.05) is 32.0 Å². The van der Waals surface area contributed by atoms with Gasteiger partial charge in [0.2, 0.25) is 5.91 Å². The van der Waals surface area contributed by atoms with Gasteiger partial charge in [-0.25, -0.2) is 4.98 Å². The van der Waals surface area contributed by atoms with E-state index in [1.165, 1.54) is 0 Å². The number of amides is 2. The highest BCUT2D eigenvalue weighted by Crippen LogP contribution is 2.19. The van der Waals surface area contributed by atoms with Gasteiger partial charge in [-0.15, -0.1) is 0 Å². The van der Waals surface area contributed by atoms with E-state index in [1.54, 1.807) is 18.7 Å². The van der Waals surface area contributed by atoms with Crippen molar-refractivity contribution in [3.05, 3.63) is 84.2 Å². The number of nitrogens with zero attached hydrogens (tertiary/aromatic N) is 5. The minimum absolute atomic E-state index is 0.0108. The summed E-state index contributed by atoms with van der Waals surface area (Å²) in [6.45, 7) is 7.14. The Balaban J connectivity index is 1.52. The predicted octanol–water partition coefficient (Wildman–Crippen LogP) is 3.52. The summed E-state index contributed by atoms with van der Waals surface area (Å²) in [4.78, 5) is 38.9. The van der Waals surface area contributed by atoms with Crippen LogP contribution >= 0.6 is 0 Å². The van der Waals surface area contributed by atoms with E-state index in [0.29, 0.717) is 50.6 Å². The summed E-state index contributed by atoms with van der Waals surface area (Å²) in [5, 5.41) is 0. The number of pyridine rings is 1. The Hall–Kier alpha value is -3.48. The monoisotopic (exact) mass is 459 g/mol. The lowest BCUT2D eigenvalue weighted by molar-refractivity contribution is -0.132. The van der Waals surface area contributed by atoms with Crippen LogP contribution < -0.4 is 0 Å². The standard InChI is InChI=1S/C27H33N5O2/c1-21(2)14-26(33)31-12-13-32(19-23(18-31)16-25-8-3-4-9-29-25)27(34)24-7-5-6-22(15-24)17-30-11-10-28-20-30/h3-11,15,20-21,23H,12-14,16-19H2,1-2H3. The van der Waals surface area contributed by atoms with E-state index in [9.17, 15) is 9.59 Å². The molecule has 3 heterocycles.